The smallest absolute Gasteiger partial charge is 0.294 e. The molecule has 0 unspecified atom stereocenters. The summed E-state index contributed by atoms with van der Waals surface area (Å²) in [5.74, 6) is -0.379. The summed E-state index contributed by atoms with van der Waals surface area (Å²) < 4.78 is 0. The first-order valence-electron chi connectivity index (χ1n) is 4.87. The van der Waals surface area contributed by atoms with Crippen LogP contribution in [0.1, 0.15) is 9.67 Å². The molecule has 0 atom stereocenters. The van der Waals surface area contributed by atoms with Crippen LogP contribution in [-0.4, -0.2) is 10.8 Å². The molecule has 0 saturated heterocycles. The van der Waals surface area contributed by atoms with Crippen LogP contribution in [0.25, 0.3) is 0 Å². The molecule has 0 fully saturated rings. The van der Waals surface area contributed by atoms with Gasteiger partial charge in [-0.1, -0.05) is 17.7 Å². The summed E-state index contributed by atoms with van der Waals surface area (Å²) in [6, 6.07) is 7.47. The first kappa shape index (κ1) is 12.5. The molecule has 0 spiro atoms. The molecule has 2 aromatic rings. The fourth-order valence-electron chi connectivity index (χ4n) is 1.35. The number of nitrogens with zero attached hydrogens (tertiary/aromatic N) is 1. The Hall–Kier alpha value is -1.92. The highest BCUT2D eigenvalue weighted by Gasteiger charge is 2.17. The lowest BCUT2D eigenvalue weighted by atomic mass is 10.2. The number of benzene rings is 1. The van der Waals surface area contributed by atoms with E-state index < -0.39 is 4.92 Å². The van der Waals surface area contributed by atoms with Crippen molar-refractivity contribution in [3.8, 4) is 0 Å². The lowest BCUT2D eigenvalue weighted by Crippen LogP contribution is -2.11. The van der Waals surface area contributed by atoms with Gasteiger partial charge in [-0.2, -0.15) is 0 Å². The zero-order valence-corrected chi connectivity index (χ0v) is 10.5. The predicted molar refractivity (Wildman–Crippen MR) is 70.4 cm³/mol. The van der Waals surface area contributed by atoms with E-state index in [1.165, 1.54) is 29.5 Å². The number of carbonyl (C=O) groups is 1. The molecule has 1 heterocycles. The zero-order valence-electron chi connectivity index (χ0n) is 8.92. The number of halogens is 1. The van der Waals surface area contributed by atoms with E-state index in [4.69, 9.17) is 11.6 Å². The third-order valence-electron chi connectivity index (χ3n) is 2.15. The Morgan fingerprint density at radius 1 is 1.39 bits per heavy atom. The maximum atomic E-state index is 11.8. The van der Waals surface area contributed by atoms with Gasteiger partial charge >= 0.3 is 0 Å². The maximum Gasteiger partial charge on any atom is 0.294 e. The molecular formula is C11H7ClN2O3S. The molecule has 92 valence electrons. The van der Waals surface area contributed by atoms with Crippen molar-refractivity contribution < 1.29 is 9.72 Å². The number of hydrogen-bond donors (Lipinski definition) is 1. The molecule has 0 radical (unpaired) electrons. The summed E-state index contributed by atoms with van der Waals surface area (Å²) in [5, 5.41) is 15.3. The Balaban J connectivity index is 2.29. The zero-order chi connectivity index (χ0) is 13.1. The molecule has 2 rings (SSSR count). The quantitative estimate of drug-likeness (QED) is 0.691. The Kier molecular flexibility index (Phi) is 3.59. The van der Waals surface area contributed by atoms with Crippen molar-refractivity contribution in [3.05, 3.63) is 55.7 Å². The minimum Gasteiger partial charge on any atom is -0.316 e. The van der Waals surface area contributed by atoms with Crippen LogP contribution in [0.4, 0.5) is 11.4 Å². The molecular weight excluding hydrogens is 276 g/mol. The van der Waals surface area contributed by atoms with Gasteiger partial charge in [-0.25, -0.2) is 0 Å². The molecule has 1 aromatic carbocycles. The summed E-state index contributed by atoms with van der Waals surface area (Å²) in [4.78, 5) is 22.5. The topological polar surface area (TPSA) is 72.2 Å². The van der Waals surface area contributed by atoms with E-state index in [1.807, 2.05) is 0 Å². The van der Waals surface area contributed by atoms with E-state index in [-0.39, 0.29) is 22.3 Å². The number of carbonyl (C=O) groups excluding carboxylic acids is 1. The SMILES string of the molecule is O=C(Nc1ccc(Cl)cc1[N+](=O)[O-])c1cccs1. The van der Waals surface area contributed by atoms with Crippen LogP contribution in [0.15, 0.2) is 35.7 Å². The number of anilines is 1. The second-order valence-corrected chi connectivity index (χ2v) is 4.73. The summed E-state index contributed by atoms with van der Waals surface area (Å²) in [7, 11) is 0. The minimum absolute atomic E-state index is 0.128. The molecule has 1 N–H and O–H groups in total. The van der Waals surface area contributed by atoms with Gasteiger partial charge in [0.1, 0.15) is 5.69 Å². The molecule has 0 aliphatic rings. The van der Waals surface area contributed by atoms with Crippen LogP contribution in [0.3, 0.4) is 0 Å². The second kappa shape index (κ2) is 5.16. The van der Waals surface area contributed by atoms with Crippen molar-refractivity contribution in [2.75, 3.05) is 5.32 Å². The van der Waals surface area contributed by atoms with Crippen molar-refractivity contribution in [1.82, 2.24) is 0 Å². The predicted octanol–water partition coefficient (Wildman–Crippen LogP) is 3.56. The number of nitro groups is 1. The van der Waals surface area contributed by atoms with E-state index in [0.29, 0.717) is 4.88 Å². The lowest BCUT2D eigenvalue weighted by Gasteiger charge is -2.04. The monoisotopic (exact) mass is 282 g/mol. The van der Waals surface area contributed by atoms with Gasteiger partial charge in [0.15, 0.2) is 0 Å². The Morgan fingerprint density at radius 3 is 2.78 bits per heavy atom. The number of hydrogen-bond acceptors (Lipinski definition) is 4. The van der Waals surface area contributed by atoms with E-state index in [1.54, 1.807) is 17.5 Å². The summed E-state index contributed by atoms with van der Waals surface area (Å²) >= 11 is 6.94. The maximum absolute atomic E-state index is 11.8. The van der Waals surface area contributed by atoms with E-state index >= 15 is 0 Å². The number of nitrogens with one attached hydrogen (secondary N) is 1. The fraction of sp³-hybridized carbons (Fsp3) is 0. The van der Waals surface area contributed by atoms with Gasteiger partial charge in [-0.15, -0.1) is 11.3 Å². The molecule has 7 heteroatoms. The highest BCUT2D eigenvalue weighted by atomic mass is 35.5. The van der Waals surface area contributed by atoms with Crippen molar-refractivity contribution in [3.63, 3.8) is 0 Å². The molecule has 1 aromatic heterocycles. The van der Waals surface area contributed by atoms with Gasteiger partial charge in [-0.05, 0) is 23.6 Å². The number of nitro benzene ring substituents is 1. The normalized spacial score (nSPS) is 10.1. The van der Waals surface area contributed by atoms with Gasteiger partial charge in [0.2, 0.25) is 0 Å². The van der Waals surface area contributed by atoms with Crippen LogP contribution in [0, 0.1) is 10.1 Å². The standard InChI is InChI=1S/C11H7ClN2O3S/c12-7-3-4-8(9(6-7)14(16)17)13-11(15)10-2-1-5-18-10/h1-6H,(H,13,15). The number of amides is 1. The highest BCUT2D eigenvalue weighted by Crippen LogP contribution is 2.28. The first-order valence-corrected chi connectivity index (χ1v) is 6.12. The largest absolute Gasteiger partial charge is 0.316 e. The van der Waals surface area contributed by atoms with Gasteiger partial charge < -0.3 is 5.32 Å². The summed E-state index contributed by atoms with van der Waals surface area (Å²) in [6.45, 7) is 0. The van der Waals surface area contributed by atoms with Gasteiger partial charge in [0, 0.05) is 11.1 Å². The van der Waals surface area contributed by atoms with Crippen molar-refractivity contribution in [2.45, 2.75) is 0 Å². The summed E-state index contributed by atoms with van der Waals surface area (Å²) in [5.41, 5.74) is -0.102. The Bertz CT molecular complexity index is 598. The van der Waals surface area contributed by atoms with Crippen LogP contribution in [-0.2, 0) is 0 Å². The average Bonchev–Trinajstić information content (AvgIpc) is 2.84. The Labute approximate surface area is 111 Å². The fourth-order valence-corrected chi connectivity index (χ4v) is 2.14. The van der Waals surface area contributed by atoms with Crippen LogP contribution >= 0.6 is 22.9 Å². The first-order chi connectivity index (χ1) is 8.58. The third kappa shape index (κ3) is 2.66. The van der Waals surface area contributed by atoms with Crippen LogP contribution < -0.4 is 5.32 Å². The van der Waals surface area contributed by atoms with Crippen LogP contribution in [0.2, 0.25) is 5.02 Å². The third-order valence-corrected chi connectivity index (χ3v) is 3.25. The molecule has 0 bridgehead atoms. The van der Waals surface area contributed by atoms with E-state index in [9.17, 15) is 14.9 Å². The highest BCUT2D eigenvalue weighted by molar-refractivity contribution is 7.12. The van der Waals surface area contributed by atoms with Crippen molar-refractivity contribution in [1.29, 1.82) is 0 Å². The average molecular weight is 283 g/mol. The van der Waals surface area contributed by atoms with Crippen molar-refractivity contribution >= 4 is 40.2 Å². The molecule has 0 aliphatic heterocycles. The number of rotatable bonds is 3. The lowest BCUT2D eigenvalue weighted by molar-refractivity contribution is -0.383. The molecule has 1 amide bonds. The van der Waals surface area contributed by atoms with E-state index in [2.05, 4.69) is 5.32 Å². The number of thiophene rings is 1. The van der Waals surface area contributed by atoms with Gasteiger partial charge in [-0.3, -0.25) is 14.9 Å². The Morgan fingerprint density at radius 2 is 2.17 bits per heavy atom. The van der Waals surface area contributed by atoms with E-state index in [0.717, 1.165) is 0 Å². The molecule has 0 aliphatic carbocycles. The summed E-state index contributed by atoms with van der Waals surface area (Å²) in [6.07, 6.45) is 0. The van der Waals surface area contributed by atoms with Gasteiger partial charge in [0.25, 0.3) is 11.6 Å². The van der Waals surface area contributed by atoms with Gasteiger partial charge in [0.05, 0.1) is 9.80 Å². The molecule has 0 saturated carbocycles. The molecule has 5 nitrogen and oxygen atoms in total. The second-order valence-electron chi connectivity index (χ2n) is 3.35. The van der Waals surface area contributed by atoms with Crippen molar-refractivity contribution in [2.24, 2.45) is 0 Å². The minimum atomic E-state index is -0.587. The molecule has 18 heavy (non-hydrogen) atoms. The van der Waals surface area contributed by atoms with Crippen LogP contribution in [0.5, 0.6) is 0 Å².